The second-order valence-corrected chi connectivity index (χ2v) is 7.26. The zero-order valence-corrected chi connectivity index (χ0v) is 15.6. The van der Waals surface area contributed by atoms with Gasteiger partial charge in [-0.15, -0.1) is 11.8 Å². The highest BCUT2D eigenvalue weighted by Crippen LogP contribution is 2.38. The van der Waals surface area contributed by atoms with E-state index in [2.05, 4.69) is 5.32 Å². The summed E-state index contributed by atoms with van der Waals surface area (Å²) in [6.45, 7) is 3.23. The van der Waals surface area contributed by atoms with Gasteiger partial charge in [0.1, 0.15) is 0 Å². The third-order valence-corrected chi connectivity index (χ3v) is 4.95. The molecule has 6 heteroatoms. The summed E-state index contributed by atoms with van der Waals surface area (Å²) in [6.07, 6.45) is 0.841. The van der Waals surface area contributed by atoms with Crippen LogP contribution in [0.15, 0.2) is 36.4 Å². The normalized spacial score (nSPS) is 13.2. The van der Waals surface area contributed by atoms with Gasteiger partial charge >= 0.3 is 0 Å². The van der Waals surface area contributed by atoms with Gasteiger partial charge in [0.15, 0.2) is 11.5 Å². The Morgan fingerprint density at radius 2 is 2.08 bits per heavy atom. The van der Waals surface area contributed by atoms with Gasteiger partial charge in [-0.2, -0.15) is 0 Å². The van der Waals surface area contributed by atoms with Gasteiger partial charge in [0.05, 0.1) is 24.0 Å². The van der Waals surface area contributed by atoms with Gasteiger partial charge in [-0.3, -0.25) is 4.79 Å². The number of carbonyl (C=O) groups excluding carboxylic acids is 1. The van der Waals surface area contributed by atoms with E-state index < -0.39 is 0 Å². The van der Waals surface area contributed by atoms with E-state index in [1.165, 1.54) is 11.8 Å². The summed E-state index contributed by atoms with van der Waals surface area (Å²) < 4.78 is 11.3. The number of amides is 1. The lowest BCUT2D eigenvalue weighted by molar-refractivity contribution is -0.113. The van der Waals surface area contributed by atoms with Gasteiger partial charge in [-0.1, -0.05) is 23.7 Å². The Bertz CT molecular complexity index is 766. The van der Waals surface area contributed by atoms with Gasteiger partial charge in [-0.25, -0.2) is 0 Å². The molecule has 25 heavy (non-hydrogen) atoms. The fourth-order valence-electron chi connectivity index (χ4n) is 2.55. The molecule has 0 unspecified atom stereocenters. The van der Waals surface area contributed by atoms with Gasteiger partial charge < -0.3 is 14.8 Å². The maximum Gasteiger partial charge on any atom is 0.234 e. The quantitative estimate of drug-likeness (QED) is 0.821. The average molecular weight is 378 g/mol. The second kappa shape index (κ2) is 8.50. The van der Waals surface area contributed by atoms with Gasteiger partial charge in [-0.05, 0) is 42.3 Å². The molecule has 0 atom stereocenters. The number of carbonyl (C=O) groups is 1. The maximum atomic E-state index is 12.1. The summed E-state index contributed by atoms with van der Waals surface area (Å²) in [7, 11) is 0. The summed E-state index contributed by atoms with van der Waals surface area (Å²) in [6, 6.07) is 11.6. The van der Waals surface area contributed by atoms with E-state index in [-0.39, 0.29) is 5.91 Å². The monoisotopic (exact) mass is 377 g/mol. The lowest BCUT2D eigenvalue weighted by Gasteiger charge is -2.11. The zero-order chi connectivity index (χ0) is 17.6. The molecular formula is C19H20ClNO3S. The van der Waals surface area contributed by atoms with E-state index in [1.807, 2.05) is 43.3 Å². The molecule has 0 aliphatic carbocycles. The van der Waals surface area contributed by atoms with Crippen molar-refractivity contribution in [1.82, 2.24) is 0 Å². The van der Waals surface area contributed by atoms with Crippen molar-refractivity contribution in [3.8, 4) is 11.5 Å². The molecule has 4 nitrogen and oxygen atoms in total. The minimum atomic E-state index is -0.0176. The Morgan fingerprint density at radius 3 is 2.92 bits per heavy atom. The SMILES string of the molecule is Cc1cccc(NC(=O)CSCc2cc(Cl)c3c(c2)OCCCO3)c1. The molecule has 2 aromatic rings. The Labute approximate surface area is 156 Å². The Balaban J connectivity index is 1.54. The summed E-state index contributed by atoms with van der Waals surface area (Å²) in [5.74, 6) is 2.34. The van der Waals surface area contributed by atoms with Crippen molar-refractivity contribution >= 4 is 35.0 Å². The fraction of sp³-hybridized carbons (Fsp3) is 0.316. The molecule has 0 spiro atoms. The van der Waals surface area contributed by atoms with Gasteiger partial charge in [0, 0.05) is 17.9 Å². The van der Waals surface area contributed by atoms with Crippen molar-refractivity contribution in [2.45, 2.75) is 19.1 Å². The van der Waals surface area contributed by atoms with E-state index in [9.17, 15) is 4.79 Å². The Morgan fingerprint density at radius 1 is 1.24 bits per heavy atom. The lowest BCUT2D eigenvalue weighted by Crippen LogP contribution is -2.14. The maximum absolute atomic E-state index is 12.1. The first-order valence-corrected chi connectivity index (χ1v) is 9.67. The molecule has 0 radical (unpaired) electrons. The number of rotatable bonds is 5. The highest BCUT2D eigenvalue weighted by atomic mass is 35.5. The molecule has 2 aromatic carbocycles. The number of benzene rings is 2. The predicted molar refractivity (Wildman–Crippen MR) is 103 cm³/mol. The van der Waals surface area contributed by atoms with Crippen molar-refractivity contribution < 1.29 is 14.3 Å². The number of fused-ring (bicyclic) bond motifs is 1. The highest BCUT2D eigenvalue weighted by Gasteiger charge is 2.15. The van der Waals surface area contributed by atoms with Crippen LogP contribution in [0.5, 0.6) is 11.5 Å². The van der Waals surface area contributed by atoms with E-state index in [0.29, 0.717) is 41.2 Å². The molecule has 3 rings (SSSR count). The van der Waals surface area contributed by atoms with Crippen molar-refractivity contribution in [1.29, 1.82) is 0 Å². The van der Waals surface area contributed by atoms with Gasteiger partial charge in [0.25, 0.3) is 0 Å². The van der Waals surface area contributed by atoms with Crippen LogP contribution in [0.4, 0.5) is 5.69 Å². The molecule has 0 fully saturated rings. The Kier molecular flexibility index (Phi) is 6.10. The number of anilines is 1. The Hall–Kier alpha value is -1.85. The molecule has 132 valence electrons. The largest absolute Gasteiger partial charge is 0.489 e. The highest BCUT2D eigenvalue weighted by molar-refractivity contribution is 7.99. The van der Waals surface area contributed by atoms with Crippen LogP contribution in [0, 0.1) is 6.92 Å². The molecule has 1 aliphatic rings. The standard InChI is InChI=1S/C19H20ClNO3S/c1-13-4-2-5-15(8-13)21-18(22)12-25-11-14-9-16(20)19-17(10-14)23-6-3-7-24-19/h2,4-5,8-10H,3,6-7,11-12H2,1H3,(H,21,22). The number of ether oxygens (including phenoxy) is 2. The van der Waals surface area contributed by atoms with E-state index >= 15 is 0 Å². The first-order valence-electron chi connectivity index (χ1n) is 8.14. The lowest BCUT2D eigenvalue weighted by atomic mass is 10.2. The molecule has 0 saturated heterocycles. The molecule has 1 N–H and O–H groups in total. The third kappa shape index (κ3) is 5.06. The minimum Gasteiger partial charge on any atom is -0.489 e. The van der Waals surface area contributed by atoms with Crippen LogP contribution in [-0.4, -0.2) is 24.9 Å². The fourth-order valence-corrected chi connectivity index (χ4v) is 3.60. The molecule has 1 amide bonds. The number of nitrogens with one attached hydrogen (secondary N) is 1. The summed E-state index contributed by atoms with van der Waals surface area (Å²) in [4.78, 5) is 12.1. The van der Waals surface area contributed by atoms with Crippen molar-refractivity contribution in [3.63, 3.8) is 0 Å². The molecule has 0 saturated carbocycles. The summed E-state index contributed by atoms with van der Waals surface area (Å²) in [5.41, 5.74) is 2.96. The van der Waals surface area contributed by atoms with Crippen LogP contribution < -0.4 is 14.8 Å². The van der Waals surface area contributed by atoms with Crippen LogP contribution in [0.2, 0.25) is 5.02 Å². The molecule has 0 bridgehead atoms. The van der Waals surface area contributed by atoms with Crippen LogP contribution in [0.25, 0.3) is 0 Å². The van der Waals surface area contributed by atoms with Gasteiger partial charge in [0.2, 0.25) is 5.91 Å². The third-order valence-electron chi connectivity index (χ3n) is 3.67. The van der Waals surface area contributed by atoms with E-state index in [0.717, 1.165) is 23.2 Å². The van der Waals surface area contributed by atoms with Crippen molar-refractivity contribution in [2.24, 2.45) is 0 Å². The van der Waals surface area contributed by atoms with Crippen LogP contribution in [-0.2, 0) is 10.5 Å². The number of halogens is 1. The summed E-state index contributed by atoms with van der Waals surface area (Å²) >= 11 is 7.83. The number of aryl methyl sites for hydroxylation is 1. The second-order valence-electron chi connectivity index (χ2n) is 5.87. The van der Waals surface area contributed by atoms with Crippen molar-refractivity contribution in [2.75, 3.05) is 24.3 Å². The van der Waals surface area contributed by atoms with Crippen LogP contribution >= 0.6 is 23.4 Å². The summed E-state index contributed by atoms with van der Waals surface area (Å²) in [5, 5.41) is 3.46. The number of hydrogen-bond acceptors (Lipinski definition) is 4. The van der Waals surface area contributed by atoms with Crippen molar-refractivity contribution in [3.05, 3.63) is 52.5 Å². The topological polar surface area (TPSA) is 47.6 Å². The minimum absolute atomic E-state index is 0.0176. The zero-order valence-electron chi connectivity index (χ0n) is 14.0. The van der Waals surface area contributed by atoms with Crippen LogP contribution in [0.3, 0.4) is 0 Å². The molecule has 1 heterocycles. The average Bonchev–Trinajstić information content (AvgIpc) is 2.80. The first kappa shape index (κ1) is 18.0. The molecule has 0 aromatic heterocycles. The molecule has 1 aliphatic heterocycles. The van der Waals surface area contributed by atoms with E-state index in [1.54, 1.807) is 0 Å². The predicted octanol–water partition coefficient (Wildman–Crippen LogP) is 4.68. The van der Waals surface area contributed by atoms with E-state index in [4.69, 9.17) is 21.1 Å². The smallest absolute Gasteiger partial charge is 0.234 e. The number of hydrogen-bond donors (Lipinski definition) is 1. The number of thioether (sulfide) groups is 1. The molecular weight excluding hydrogens is 358 g/mol. The first-order chi connectivity index (χ1) is 12.1. The van der Waals surface area contributed by atoms with Crippen LogP contribution in [0.1, 0.15) is 17.5 Å².